The molecule has 3 aromatic carbocycles. The zero-order chi connectivity index (χ0) is 19.6. The number of nitrogens with zero attached hydrogens (tertiary/aromatic N) is 1. The summed E-state index contributed by atoms with van der Waals surface area (Å²) in [5, 5.41) is 2.06. The molecular weight excluding hydrogens is 487 g/mol. The number of benzene rings is 3. The SMILES string of the molecule is S=C([S-])NN1CCCC1.c1cc[c]([Sn+]([c]2ccccc2)[c]2ccccc2)cc1. The molecule has 1 N–H and O–H groups in total. The molecule has 0 aromatic heterocycles. The summed E-state index contributed by atoms with van der Waals surface area (Å²) in [5.41, 5.74) is 2.92. The molecule has 5 heteroatoms. The molecule has 0 bridgehead atoms. The van der Waals surface area contributed by atoms with E-state index in [4.69, 9.17) is 24.8 Å². The quantitative estimate of drug-likeness (QED) is 0.329. The number of hydrazine groups is 1. The standard InChI is InChI=1S/3C6H5.C5H10N2S2.Sn/c3*1-2-4-6-5-3-1;8-5(9)6-7-3-1-2-4-7;/h3*1-5H;1-4H2,(H2,6,8,9);/q;;;;+1/p-1. The molecule has 0 amide bonds. The minimum absolute atomic E-state index is 0.455. The van der Waals surface area contributed by atoms with Crippen LogP contribution in [-0.2, 0) is 12.6 Å². The zero-order valence-corrected chi connectivity index (χ0v) is 20.2. The van der Waals surface area contributed by atoms with Gasteiger partial charge in [-0.25, -0.2) is 5.01 Å². The maximum absolute atomic E-state index is 4.69. The van der Waals surface area contributed by atoms with Crippen molar-refractivity contribution in [3.05, 3.63) is 91.0 Å². The molecule has 1 aliphatic rings. The van der Waals surface area contributed by atoms with E-state index >= 15 is 0 Å². The molecule has 0 saturated carbocycles. The Kier molecular flexibility index (Phi) is 8.73. The van der Waals surface area contributed by atoms with Gasteiger partial charge in [0.1, 0.15) is 0 Å². The van der Waals surface area contributed by atoms with E-state index in [-0.39, 0.29) is 0 Å². The van der Waals surface area contributed by atoms with Crippen molar-refractivity contribution in [2.75, 3.05) is 13.1 Å². The number of thiocarbonyl (C=S) groups is 1. The summed E-state index contributed by atoms with van der Waals surface area (Å²) in [6, 6.07) is 32.9. The van der Waals surface area contributed by atoms with Gasteiger partial charge in [0.05, 0.1) is 0 Å². The third kappa shape index (κ3) is 6.55. The second-order valence-corrected chi connectivity index (χ2v) is 14.7. The van der Waals surface area contributed by atoms with Crippen molar-refractivity contribution in [1.29, 1.82) is 0 Å². The van der Waals surface area contributed by atoms with Crippen LogP contribution < -0.4 is 16.2 Å². The van der Waals surface area contributed by atoms with E-state index in [1.54, 1.807) is 0 Å². The monoisotopic (exact) mass is 512 g/mol. The van der Waals surface area contributed by atoms with Gasteiger partial charge < -0.3 is 30.3 Å². The zero-order valence-electron chi connectivity index (χ0n) is 15.8. The molecule has 2 nitrogen and oxygen atoms in total. The summed E-state index contributed by atoms with van der Waals surface area (Å²) >= 11 is 7.41. The first-order chi connectivity index (χ1) is 13.7. The molecule has 0 radical (unpaired) electrons. The van der Waals surface area contributed by atoms with Gasteiger partial charge in [0.15, 0.2) is 0 Å². The topological polar surface area (TPSA) is 15.3 Å². The molecule has 0 unspecified atom stereocenters. The molecule has 1 heterocycles. The predicted molar refractivity (Wildman–Crippen MR) is 128 cm³/mol. The van der Waals surface area contributed by atoms with Gasteiger partial charge in [0, 0.05) is 13.1 Å². The van der Waals surface area contributed by atoms with Crippen LogP contribution in [0.25, 0.3) is 0 Å². The van der Waals surface area contributed by atoms with Crippen molar-refractivity contribution in [3.63, 3.8) is 0 Å². The Morgan fingerprint density at radius 2 is 1.07 bits per heavy atom. The molecule has 0 spiro atoms. The summed E-state index contributed by atoms with van der Waals surface area (Å²) in [5.74, 6) is 0. The van der Waals surface area contributed by atoms with Crippen molar-refractivity contribution in [1.82, 2.24) is 10.4 Å². The first kappa shape index (κ1) is 21.2. The normalized spacial score (nSPS) is 13.3. The Labute approximate surface area is 186 Å². The van der Waals surface area contributed by atoms with Crippen LogP contribution in [0.3, 0.4) is 0 Å². The van der Waals surface area contributed by atoms with E-state index in [0.717, 1.165) is 13.1 Å². The fraction of sp³-hybridized carbons (Fsp3) is 0.174. The second kappa shape index (κ2) is 11.5. The van der Waals surface area contributed by atoms with Crippen LogP contribution in [0.5, 0.6) is 0 Å². The first-order valence-electron chi connectivity index (χ1n) is 9.50. The minimum atomic E-state index is -1.98. The molecule has 1 saturated heterocycles. The fourth-order valence-electron chi connectivity index (χ4n) is 3.27. The summed E-state index contributed by atoms with van der Waals surface area (Å²) < 4.78 is 5.05. The summed E-state index contributed by atoms with van der Waals surface area (Å²) in [4.78, 5) is 0. The Balaban J connectivity index is 0.000000211. The van der Waals surface area contributed by atoms with Gasteiger partial charge >= 0.3 is 121 Å². The van der Waals surface area contributed by atoms with Crippen molar-refractivity contribution < 1.29 is 0 Å². The van der Waals surface area contributed by atoms with Gasteiger partial charge in [0.25, 0.3) is 0 Å². The van der Waals surface area contributed by atoms with E-state index in [0.29, 0.717) is 4.32 Å². The van der Waals surface area contributed by atoms with Crippen LogP contribution in [0.2, 0.25) is 0 Å². The van der Waals surface area contributed by atoms with E-state index in [2.05, 4.69) is 101 Å². The Bertz CT molecular complexity index is 744. The fourth-order valence-corrected chi connectivity index (χ4v) is 10.9. The summed E-state index contributed by atoms with van der Waals surface area (Å²) in [7, 11) is 0. The van der Waals surface area contributed by atoms with E-state index < -0.39 is 19.8 Å². The van der Waals surface area contributed by atoms with Crippen molar-refractivity contribution in [3.8, 4) is 0 Å². The molecule has 3 aromatic rings. The average molecular weight is 511 g/mol. The predicted octanol–water partition coefficient (Wildman–Crippen LogP) is 2.62. The number of nitrogens with one attached hydrogen (secondary N) is 1. The van der Waals surface area contributed by atoms with Gasteiger partial charge in [0.2, 0.25) is 0 Å². The van der Waals surface area contributed by atoms with Crippen molar-refractivity contribution >= 4 is 59.7 Å². The number of hydrogen-bond acceptors (Lipinski definition) is 3. The van der Waals surface area contributed by atoms with Gasteiger partial charge in [-0.15, -0.1) is 0 Å². The second-order valence-electron chi connectivity index (χ2n) is 6.57. The maximum atomic E-state index is 4.69. The molecule has 1 aliphatic heterocycles. The van der Waals surface area contributed by atoms with Gasteiger partial charge in [-0.2, -0.15) is 0 Å². The van der Waals surface area contributed by atoms with Gasteiger partial charge in [-0.3, -0.25) is 0 Å². The third-order valence-electron chi connectivity index (χ3n) is 4.54. The van der Waals surface area contributed by atoms with E-state index in [1.807, 2.05) is 0 Å². The molecule has 0 atom stereocenters. The van der Waals surface area contributed by atoms with E-state index in [9.17, 15) is 0 Å². The summed E-state index contributed by atoms with van der Waals surface area (Å²) in [6.45, 7) is 2.16. The molecule has 0 aliphatic carbocycles. The molecular formula is C23H24N2S2Sn. The van der Waals surface area contributed by atoms with Crippen molar-refractivity contribution in [2.45, 2.75) is 12.8 Å². The number of rotatable bonds is 4. The Hall–Kier alpha value is -1.47. The molecule has 1 fully saturated rings. The van der Waals surface area contributed by atoms with Crippen LogP contribution in [0.15, 0.2) is 91.0 Å². The number of hydrogen-bond donors (Lipinski definition) is 1. The van der Waals surface area contributed by atoms with Crippen LogP contribution in [0.1, 0.15) is 12.8 Å². The van der Waals surface area contributed by atoms with Crippen molar-refractivity contribution in [2.24, 2.45) is 0 Å². The first-order valence-corrected chi connectivity index (χ1v) is 14.6. The Morgan fingerprint density at radius 3 is 1.39 bits per heavy atom. The van der Waals surface area contributed by atoms with Crippen LogP contribution in [-0.4, -0.2) is 42.2 Å². The Morgan fingerprint density at radius 1 is 0.714 bits per heavy atom. The molecule has 4 rings (SSSR count). The van der Waals surface area contributed by atoms with Crippen LogP contribution >= 0.6 is 12.2 Å². The van der Waals surface area contributed by atoms with E-state index in [1.165, 1.54) is 23.6 Å². The molecule has 28 heavy (non-hydrogen) atoms. The van der Waals surface area contributed by atoms with Gasteiger partial charge in [-0.1, -0.05) is 0 Å². The van der Waals surface area contributed by atoms with Crippen LogP contribution in [0.4, 0.5) is 0 Å². The molecule has 142 valence electrons. The van der Waals surface area contributed by atoms with Gasteiger partial charge in [-0.05, 0) is 17.2 Å². The summed E-state index contributed by atoms with van der Waals surface area (Å²) in [6.07, 6.45) is 2.51. The third-order valence-corrected chi connectivity index (χ3v) is 12.5. The van der Waals surface area contributed by atoms with Crippen LogP contribution in [0, 0.1) is 0 Å². The average Bonchev–Trinajstić information content (AvgIpc) is 3.24.